The highest BCUT2D eigenvalue weighted by Crippen LogP contribution is 2.18. The first-order chi connectivity index (χ1) is 11.8. The zero-order chi connectivity index (χ0) is 16.6. The van der Waals surface area contributed by atoms with E-state index >= 15 is 0 Å². The fourth-order valence-corrected chi connectivity index (χ4v) is 4.24. The Bertz CT molecular complexity index is 544. The van der Waals surface area contributed by atoms with Crippen LogP contribution in [0.1, 0.15) is 12.0 Å². The Hall–Kier alpha value is -1.30. The lowest BCUT2D eigenvalue weighted by atomic mass is 10.2. The monoisotopic (exact) mass is 346 g/mol. The molecule has 2 aliphatic rings. The average Bonchev–Trinajstić information content (AvgIpc) is 2.87. The molecule has 130 valence electrons. The molecule has 1 amide bonds. The molecule has 0 saturated carbocycles. The van der Waals surface area contributed by atoms with Crippen LogP contribution in [0.2, 0.25) is 0 Å². The van der Waals surface area contributed by atoms with Crippen molar-refractivity contribution in [3.8, 4) is 0 Å². The van der Waals surface area contributed by atoms with Crippen molar-refractivity contribution in [2.24, 2.45) is 0 Å². The maximum absolute atomic E-state index is 12.8. The molecule has 1 atom stereocenters. The lowest BCUT2D eigenvalue weighted by Gasteiger charge is -2.35. The van der Waals surface area contributed by atoms with Crippen molar-refractivity contribution in [3.63, 3.8) is 0 Å². The van der Waals surface area contributed by atoms with Crippen LogP contribution in [0.15, 0.2) is 36.4 Å². The lowest BCUT2D eigenvalue weighted by Crippen LogP contribution is -2.50. The highest BCUT2D eigenvalue weighted by Gasteiger charge is 2.26. The van der Waals surface area contributed by atoms with Gasteiger partial charge in [-0.1, -0.05) is 30.3 Å². The van der Waals surface area contributed by atoms with Gasteiger partial charge in [-0.3, -0.25) is 9.69 Å². The predicted molar refractivity (Wildman–Crippen MR) is 100 cm³/mol. The SMILES string of the molecule is O=C(/C=C/c1ccccc1)N1CCCSC[C@H]1CN1CCOCC1. The predicted octanol–water partition coefficient (Wildman–Crippen LogP) is 2.37. The molecule has 0 aromatic heterocycles. The molecule has 0 aliphatic carbocycles. The lowest BCUT2D eigenvalue weighted by molar-refractivity contribution is -0.128. The minimum Gasteiger partial charge on any atom is -0.379 e. The van der Waals surface area contributed by atoms with E-state index < -0.39 is 0 Å². The van der Waals surface area contributed by atoms with Crippen LogP contribution in [-0.2, 0) is 9.53 Å². The van der Waals surface area contributed by atoms with Gasteiger partial charge in [0, 0.05) is 38.0 Å². The third-order valence-electron chi connectivity index (χ3n) is 4.51. The Labute approximate surface area is 148 Å². The second-order valence-electron chi connectivity index (χ2n) is 6.27. The Kier molecular flexibility index (Phi) is 6.75. The van der Waals surface area contributed by atoms with Crippen molar-refractivity contribution in [3.05, 3.63) is 42.0 Å². The van der Waals surface area contributed by atoms with Crippen molar-refractivity contribution in [1.29, 1.82) is 0 Å². The molecule has 24 heavy (non-hydrogen) atoms. The summed E-state index contributed by atoms with van der Waals surface area (Å²) >= 11 is 1.97. The van der Waals surface area contributed by atoms with Crippen LogP contribution in [0.25, 0.3) is 6.08 Å². The fourth-order valence-electron chi connectivity index (χ4n) is 3.18. The Morgan fingerprint density at radius 2 is 2.00 bits per heavy atom. The van der Waals surface area contributed by atoms with E-state index in [1.54, 1.807) is 6.08 Å². The normalized spacial score (nSPS) is 23.3. The fraction of sp³-hybridized carbons (Fsp3) is 0.526. The molecule has 0 bridgehead atoms. The highest BCUT2D eigenvalue weighted by molar-refractivity contribution is 7.99. The number of carbonyl (C=O) groups excluding carboxylic acids is 1. The zero-order valence-corrected chi connectivity index (χ0v) is 14.9. The first-order valence-corrected chi connectivity index (χ1v) is 9.90. The number of rotatable bonds is 4. The molecule has 3 rings (SSSR count). The van der Waals surface area contributed by atoms with Crippen LogP contribution in [0.4, 0.5) is 0 Å². The number of carbonyl (C=O) groups is 1. The quantitative estimate of drug-likeness (QED) is 0.784. The molecule has 2 aliphatic heterocycles. The molecule has 1 aromatic rings. The second kappa shape index (κ2) is 9.25. The first-order valence-electron chi connectivity index (χ1n) is 8.74. The molecule has 0 radical (unpaired) electrons. The molecule has 2 fully saturated rings. The van der Waals surface area contributed by atoms with Crippen LogP contribution in [0.5, 0.6) is 0 Å². The summed E-state index contributed by atoms with van der Waals surface area (Å²) in [6.07, 6.45) is 4.74. The highest BCUT2D eigenvalue weighted by atomic mass is 32.2. The maximum Gasteiger partial charge on any atom is 0.246 e. The smallest absolute Gasteiger partial charge is 0.246 e. The van der Waals surface area contributed by atoms with Crippen molar-refractivity contribution in [1.82, 2.24) is 9.80 Å². The van der Waals surface area contributed by atoms with Crippen LogP contribution in [0, 0.1) is 0 Å². The van der Waals surface area contributed by atoms with Gasteiger partial charge in [0.05, 0.1) is 19.3 Å². The summed E-state index contributed by atoms with van der Waals surface area (Å²) in [5.74, 6) is 2.31. The Balaban J connectivity index is 1.64. The van der Waals surface area contributed by atoms with Gasteiger partial charge >= 0.3 is 0 Å². The van der Waals surface area contributed by atoms with E-state index in [9.17, 15) is 4.79 Å². The third-order valence-corrected chi connectivity index (χ3v) is 5.71. The van der Waals surface area contributed by atoms with Gasteiger partial charge < -0.3 is 9.64 Å². The number of hydrogen-bond donors (Lipinski definition) is 0. The third kappa shape index (κ3) is 5.10. The van der Waals surface area contributed by atoms with Crippen molar-refractivity contribution in [2.45, 2.75) is 12.5 Å². The van der Waals surface area contributed by atoms with Gasteiger partial charge in [-0.25, -0.2) is 0 Å². The van der Waals surface area contributed by atoms with Gasteiger partial charge in [0.15, 0.2) is 0 Å². The van der Waals surface area contributed by atoms with Gasteiger partial charge in [0.2, 0.25) is 5.91 Å². The molecular weight excluding hydrogens is 320 g/mol. The molecule has 4 nitrogen and oxygen atoms in total. The molecule has 5 heteroatoms. The van der Waals surface area contributed by atoms with Crippen molar-refractivity contribution >= 4 is 23.7 Å². The molecule has 2 saturated heterocycles. The topological polar surface area (TPSA) is 32.8 Å². The average molecular weight is 346 g/mol. The van der Waals surface area contributed by atoms with E-state index in [0.29, 0.717) is 6.04 Å². The minimum atomic E-state index is 0.139. The van der Waals surface area contributed by atoms with Crippen LogP contribution < -0.4 is 0 Å². The summed E-state index contributed by atoms with van der Waals surface area (Å²) in [5.41, 5.74) is 1.07. The molecule has 0 unspecified atom stereocenters. The van der Waals surface area contributed by atoms with E-state index in [2.05, 4.69) is 9.80 Å². The number of hydrogen-bond acceptors (Lipinski definition) is 4. The molecule has 2 heterocycles. The summed E-state index contributed by atoms with van der Waals surface area (Å²) in [6.45, 7) is 5.39. The zero-order valence-electron chi connectivity index (χ0n) is 14.1. The number of ether oxygens (including phenoxy) is 1. The minimum absolute atomic E-state index is 0.139. The van der Waals surface area contributed by atoms with E-state index in [4.69, 9.17) is 4.74 Å². The van der Waals surface area contributed by atoms with E-state index in [0.717, 1.165) is 62.9 Å². The molecule has 0 N–H and O–H groups in total. The molecule has 1 aromatic carbocycles. The van der Waals surface area contributed by atoms with Gasteiger partial charge in [-0.2, -0.15) is 11.8 Å². The van der Waals surface area contributed by atoms with Crippen molar-refractivity contribution < 1.29 is 9.53 Å². The number of morpholine rings is 1. The van der Waals surface area contributed by atoms with E-state index in [1.165, 1.54) is 0 Å². The largest absolute Gasteiger partial charge is 0.379 e. The Morgan fingerprint density at radius 3 is 2.79 bits per heavy atom. The summed E-state index contributed by atoms with van der Waals surface area (Å²) in [6, 6.07) is 10.3. The molecule has 0 spiro atoms. The first kappa shape index (κ1) is 17.5. The summed E-state index contributed by atoms with van der Waals surface area (Å²) in [7, 11) is 0. The van der Waals surface area contributed by atoms with E-state index in [-0.39, 0.29) is 5.91 Å². The van der Waals surface area contributed by atoms with Gasteiger partial charge in [-0.15, -0.1) is 0 Å². The van der Waals surface area contributed by atoms with Gasteiger partial charge in [0.25, 0.3) is 0 Å². The van der Waals surface area contributed by atoms with Crippen LogP contribution >= 0.6 is 11.8 Å². The molecular formula is C19H26N2O2S. The number of nitrogens with zero attached hydrogens (tertiary/aromatic N) is 2. The maximum atomic E-state index is 12.8. The number of benzene rings is 1. The van der Waals surface area contributed by atoms with E-state index in [1.807, 2.05) is 48.2 Å². The van der Waals surface area contributed by atoms with Gasteiger partial charge in [-0.05, 0) is 23.8 Å². The van der Waals surface area contributed by atoms with Crippen molar-refractivity contribution in [2.75, 3.05) is 50.9 Å². The summed E-state index contributed by atoms with van der Waals surface area (Å²) in [5, 5.41) is 0. The van der Waals surface area contributed by atoms with Crippen LogP contribution in [-0.4, -0.2) is 72.6 Å². The summed E-state index contributed by atoms with van der Waals surface area (Å²) in [4.78, 5) is 17.3. The van der Waals surface area contributed by atoms with Crippen LogP contribution in [0.3, 0.4) is 0 Å². The number of thioether (sulfide) groups is 1. The standard InChI is InChI=1S/C19H26N2O2S/c22-19(8-7-17-5-2-1-3-6-17)21-9-4-14-24-16-18(21)15-20-10-12-23-13-11-20/h1-3,5-8,18H,4,9-16H2/b8-7+/t18-/m1/s1. The number of amides is 1. The van der Waals surface area contributed by atoms with Gasteiger partial charge in [0.1, 0.15) is 0 Å². The summed E-state index contributed by atoms with van der Waals surface area (Å²) < 4.78 is 5.44. The second-order valence-corrected chi connectivity index (χ2v) is 7.42. The Morgan fingerprint density at radius 1 is 1.21 bits per heavy atom.